The molecule has 0 atom stereocenters. The fourth-order valence-electron chi connectivity index (χ4n) is 1.90. The number of nitro benzene ring substituents is 1. The lowest BCUT2D eigenvalue weighted by Crippen LogP contribution is -1.95. The zero-order valence-electron chi connectivity index (χ0n) is 11.8. The molecule has 2 aromatic rings. The van der Waals surface area contributed by atoms with Crippen LogP contribution in [0.15, 0.2) is 42.5 Å². The number of nitrogens with zero attached hydrogens (tertiary/aromatic N) is 1. The van der Waals surface area contributed by atoms with Crippen LogP contribution in [-0.2, 0) is 0 Å². The van der Waals surface area contributed by atoms with Gasteiger partial charge in [-0.25, -0.2) is 0 Å². The molecule has 0 saturated carbocycles. The molecule has 0 fully saturated rings. The van der Waals surface area contributed by atoms with Crippen LogP contribution >= 0.6 is 0 Å². The predicted molar refractivity (Wildman–Crippen MR) is 79.1 cm³/mol. The zero-order valence-corrected chi connectivity index (χ0v) is 11.8. The summed E-state index contributed by atoms with van der Waals surface area (Å²) >= 11 is 0. The van der Waals surface area contributed by atoms with Crippen LogP contribution in [0.4, 0.5) is 5.69 Å². The number of benzene rings is 2. The third-order valence-electron chi connectivity index (χ3n) is 3.08. The largest absolute Gasteiger partial charge is 0.457 e. The molecule has 0 saturated heterocycles. The Morgan fingerprint density at radius 1 is 1.19 bits per heavy atom. The average molecular weight is 285 g/mol. The van der Waals surface area contributed by atoms with Crippen molar-refractivity contribution >= 4 is 12.0 Å². The van der Waals surface area contributed by atoms with Gasteiger partial charge in [0.1, 0.15) is 11.5 Å². The molecule has 0 aromatic heterocycles. The Hall–Kier alpha value is -2.69. The molecule has 0 aliphatic carbocycles. The third kappa shape index (κ3) is 3.45. The molecule has 0 bridgehead atoms. The number of carbonyl (C=O) groups is 1. The molecule has 2 aromatic carbocycles. The summed E-state index contributed by atoms with van der Waals surface area (Å²) < 4.78 is 5.67. The molecule has 5 nitrogen and oxygen atoms in total. The van der Waals surface area contributed by atoms with Gasteiger partial charge in [-0.05, 0) is 29.7 Å². The number of aldehydes is 1. The van der Waals surface area contributed by atoms with E-state index in [0.717, 1.165) is 5.56 Å². The third-order valence-corrected chi connectivity index (χ3v) is 3.08. The molecule has 2 rings (SSSR count). The molecular weight excluding hydrogens is 270 g/mol. The first-order valence-electron chi connectivity index (χ1n) is 6.52. The monoisotopic (exact) mass is 285 g/mol. The highest BCUT2D eigenvalue weighted by Crippen LogP contribution is 2.29. The van der Waals surface area contributed by atoms with Gasteiger partial charge in [-0.1, -0.05) is 26.0 Å². The highest BCUT2D eigenvalue weighted by atomic mass is 16.6. The normalized spacial score (nSPS) is 10.4. The van der Waals surface area contributed by atoms with Crippen molar-refractivity contribution < 1.29 is 14.5 Å². The first-order chi connectivity index (χ1) is 10.0. The van der Waals surface area contributed by atoms with Crippen LogP contribution in [0.25, 0.3) is 0 Å². The van der Waals surface area contributed by atoms with Gasteiger partial charge in [-0.15, -0.1) is 0 Å². The molecule has 0 spiro atoms. The van der Waals surface area contributed by atoms with Crippen molar-refractivity contribution in [3.63, 3.8) is 0 Å². The van der Waals surface area contributed by atoms with Crippen LogP contribution in [-0.4, -0.2) is 11.2 Å². The Morgan fingerprint density at radius 3 is 2.57 bits per heavy atom. The molecule has 21 heavy (non-hydrogen) atoms. The SMILES string of the molecule is CC(C)c1cccc(Oc2ccc([N+](=O)[O-])cc2C=O)c1. The lowest BCUT2D eigenvalue weighted by atomic mass is 10.0. The molecule has 0 radical (unpaired) electrons. The van der Waals surface area contributed by atoms with Crippen LogP contribution in [0.5, 0.6) is 11.5 Å². The molecule has 108 valence electrons. The highest BCUT2D eigenvalue weighted by Gasteiger charge is 2.12. The summed E-state index contributed by atoms with van der Waals surface area (Å²) in [6.07, 6.45) is 0.550. The lowest BCUT2D eigenvalue weighted by Gasteiger charge is -2.11. The minimum atomic E-state index is -0.545. The molecule has 0 aliphatic rings. The van der Waals surface area contributed by atoms with Gasteiger partial charge in [-0.2, -0.15) is 0 Å². The van der Waals surface area contributed by atoms with E-state index < -0.39 is 4.92 Å². The van der Waals surface area contributed by atoms with E-state index in [1.165, 1.54) is 18.2 Å². The van der Waals surface area contributed by atoms with E-state index in [2.05, 4.69) is 13.8 Å². The molecule has 0 aliphatic heterocycles. The van der Waals surface area contributed by atoms with E-state index in [1.54, 1.807) is 6.07 Å². The Morgan fingerprint density at radius 2 is 1.95 bits per heavy atom. The Bertz CT molecular complexity index is 680. The van der Waals surface area contributed by atoms with E-state index >= 15 is 0 Å². The van der Waals surface area contributed by atoms with Crippen LogP contribution in [0.3, 0.4) is 0 Å². The standard InChI is InChI=1S/C16H15NO4/c1-11(2)12-4-3-5-15(9-12)21-16-7-6-14(17(19)20)8-13(16)10-18/h3-11H,1-2H3. The van der Waals surface area contributed by atoms with E-state index in [0.29, 0.717) is 23.7 Å². The summed E-state index contributed by atoms with van der Waals surface area (Å²) in [5.41, 5.74) is 1.13. The van der Waals surface area contributed by atoms with E-state index in [-0.39, 0.29) is 11.3 Å². The molecule has 0 unspecified atom stereocenters. The fraction of sp³-hybridized carbons (Fsp3) is 0.188. The van der Waals surface area contributed by atoms with Crippen LogP contribution in [0, 0.1) is 10.1 Å². The van der Waals surface area contributed by atoms with E-state index in [1.807, 2.05) is 18.2 Å². The van der Waals surface area contributed by atoms with Crippen LogP contribution < -0.4 is 4.74 Å². The van der Waals surface area contributed by atoms with Gasteiger partial charge in [0.15, 0.2) is 6.29 Å². The summed E-state index contributed by atoms with van der Waals surface area (Å²) in [6.45, 7) is 4.14. The van der Waals surface area contributed by atoms with Crippen molar-refractivity contribution in [2.45, 2.75) is 19.8 Å². The number of ether oxygens (including phenoxy) is 1. The van der Waals surface area contributed by atoms with E-state index in [4.69, 9.17) is 4.74 Å². The molecule has 0 N–H and O–H groups in total. The minimum Gasteiger partial charge on any atom is -0.457 e. The topological polar surface area (TPSA) is 69.4 Å². The molecule has 0 heterocycles. The number of nitro groups is 1. The highest BCUT2D eigenvalue weighted by molar-refractivity contribution is 5.80. The number of rotatable bonds is 5. The van der Waals surface area contributed by atoms with Crippen molar-refractivity contribution in [3.05, 3.63) is 63.7 Å². The number of hydrogen-bond donors (Lipinski definition) is 0. The number of carbonyl (C=O) groups excluding carboxylic acids is 1. The first kappa shape index (κ1) is 14.7. The number of non-ortho nitro benzene ring substituents is 1. The molecule has 5 heteroatoms. The van der Waals surface area contributed by atoms with Gasteiger partial charge in [-0.3, -0.25) is 14.9 Å². The summed E-state index contributed by atoms with van der Waals surface area (Å²) in [4.78, 5) is 21.2. The predicted octanol–water partition coefficient (Wildman–Crippen LogP) is 4.32. The van der Waals surface area contributed by atoms with Crippen LogP contribution in [0.1, 0.15) is 35.7 Å². The van der Waals surface area contributed by atoms with Crippen LogP contribution in [0.2, 0.25) is 0 Å². The van der Waals surface area contributed by atoms with Gasteiger partial charge in [0.2, 0.25) is 0 Å². The van der Waals surface area contributed by atoms with Gasteiger partial charge in [0, 0.05) is 12.1 Å². The van der Waals surface area contributed by atoms with Crippen molar-refractivity contribution in [1.29, 1.82) is 0 Å². The zero-order chi connectivity index (χ0) is 15.4. The van der Waals surface area contributed by atoms with Crippen molar-refractivity contribution in [3.8, 4) is 11.5 Å². The maximum atomic E-state index is 11.1. The van der Waals surface area contributed by atoms with Crippen molar-refractivity contribution in [2.24, 2.45) is 0 Å². The quantitative estimate of drug-likeness (QED) is 0.466. The molecule has 0 amide bonds. The maximum absolute atomic E-state index is 11.1. The van der Waals surface area contributed by atoms with Gasteiger partial charge < -0.3 is 4.74 Å². The Labute approximate surface area is 122 Å². The lowest BCUT2D eigenvalue weighted by molar-refractivity contribution is -0.384. The van der Waals surface area contributed by atoms with Gasteiger partial charge >= 0.3 is 0 Å². The maximum Gasteiger partial charge on any atom is 0.270 e. The second-order valence-corrected chi connectivity index (χ2v) is 4.93. The summed E-state index contributed by atoms with van der Waals surface area (Å²) in [6, 6.07) is 11.5. The van der Waals surface area contributed by atoms with E-state index in [9.17, 15) is 14.9 Å². The average Bonchev–Trinajstić information content (AvgIpc) is 2.47. The first-order valence-corrected chi connectivity index (χ1v) is 6.52. The second kappa shape index (κ2) is 6.17. The Kier molecular flexibility index (Phi) is 4.33. The second-order valence-electron chi connectivity index (χ2n) is 4.93. The van der Waals surface area contributed by atoms with Gasteiger partial charge in [0.25, 0.3) is 5.69 Å². The van der Waals surface area contributed by atoms with Crippen molar-refractivity contribution in [2.75, 3.05) is 0 Å². The summed E-state index contributed by atoms with van der Waals surface area (Å²) in [7, 11) is 0. The minimum absolute atomic E-state index is 0.139. The van der Waals surface area contributed by atoms with Gasteiger partial charge in [0.05, 0.1) is 10.5 Å². The fourth-order valence-corrected chi connectivity index (χ4v) is 1.90. The number of hydrogen-bond acceptors (Lipinski definition) is 4. The summed E-state index contributed by atoms with van der Waals surface area (Å²) in [5, 5.41) is 10.7. The summed E-state index contributed by atoms with van der Waals surface area (Å²) in [5.74, 6) is 1.26. The molecular formula is C16H15NO4. The Balaban J connectivity index is 2.33. The smallest absolute Gasteiger partial charge is 0.270 e. The van der Waals surface area contributed by atoms with Crippen molar-refractivity contribution in [1.82, 2.24) is 0 Å².